The lowest BCUT2D eigenvalue weighted by Gasteiger charge is -2.32. The third-order valence-electron chi connectivity index (χ3n) is 3.67. The molecular formula is C15H21N3O3. The van der Waals surface area contributed by atoms with Crippen molar-refractivity contribution in [3.8, 4) is 0 Å². The number of nitro benzene ring substituents is 1. The van der Waals surface area contributed by atoms with Crippen molar-refractivity contribution in [2.45, 2.75) is 38.8 Å². The van der Waals surface area contributed by atoms with E-state index in [1.54, 1.807) is 11.0 Å². The maximum Gasteiger partial charge on any atom is 0.269 e. The van der Waals surface area contributed by atoms with E-state index >= 15 is 0 Å². The van der Waals surface area contributed by atoms with E-state index in [0.29, 0.717) is 13.1 Å². The number of carbonyl (C=O) groups is 1. The molecule has 1 N–H and O–H groups in total. The van der Waals surface area contributed by atoms with Gasteiger partial charge in [-0.05, 0) is 31.4 Å². The highest BCUT2D eigenvalue weighted by atomic mass is 16.6. The summed E-state index contributed by atoms with van der Waals surface area (Å²) in [5, 5.41) is 14.1. The number of likely N-dealkylation sites (tertiary alicyclic amines) is 1. The molecular weight excluding hydrogens is 270 g/mol. The van der Waals surface area contributed by atoms with Crippen LogP contribution in [0, 0.1) is 10.1 Å². The zero-order chi connectivity index (χ0) is 15.2. The summed E-state index contributed by atoms with van der Waals surface area (Å²) in [5.41, 5.74) is 0.867. The molecule has 1 fully saturated rings. The van der Waals surface area contributed by atoms with Gasteiger partial charge in [0.2, 0.25) is 5.91 Å². The summed E-state index contributed by atoms with van der Waals surface area (Å²) in [5.74, 6) is 0.0983. The van der Waals surface area contributed by atoms with Crippen LogP contribution in [-0.2, 0) is 11.3 Å². The Morgan fingerprint density at radius 3 is 3.00 bits per heavy atom. The highest BCUT2D eigenvalue weighted by Crippen LogP contribution is 2.18. The number of benzene rings is 1. The smallest absolute Gasteiger partial charge is 0.269 e. The van der Waals surface area contributed by atoms with Gasteiger partial charge in [-0.1, -0.05) is 19.1 Å². The lowest BCUT2D eigenvalue weighted by molar-refractivity contribution is -0.384. The predicted octanol–water partition coefficient (Wildman–Crippen LogP) is 2.09. The predicted molar refractivity (Wildman–Crippen MR) is 79.8 cm³/mol. The number of nitrogens with zero attached hydrogens (tertiary/aromatic N) is 2. The second-order valence-corrected chi connectivity index (χ2v) is 5.34. The Balaban J connectivity index is 2.03. The molecule has 1 saturated heterocycles. The van der Waals surface area contributed by atoms with Crippen LogP contribution in [0.4, 0.5) is 5.69 Å². The minimum atomic E-state index is -0.410. The second kappa shape index (κ2) is 7.17. The Bertz CT molecular complexity index is 519. The molecule has 6 heteroatoms. The molecule has 1 atom stereocenters. The molecule has 114 valence electrons. The normalized spacial score (nSPS) is 18.8. The van der Waals surface area contributed by atoms with E-state index in [4.69, 9.17) is 0 Å². The fourth-order valence-electron chi connectivity index (χ4n) is 2.59. The van der Waals surface area contributed by atoms with E-state index in [-0.39, 0.29) is 17.6 Å². The van der Waals surface area contributed by atoms with Gasteiger partial charge in [-0.15, -0.1) is 0 Å². The molecule has 0 saturated carbocycles. The van der Waals surface area contributed by atoms with E-state index in [1.165, 1.54) is 12.1 Å². The Labute approximate surface area is 124 Å². The maximum absolute atomic E-state index is 12.4. The van der Waals surface area contributed by atoms with Gasteiger partial charge in [0.05, 0.1) is 11.0 Å². The van der Waals surface area contributed by atoms with Crippen LogP contribution in [0.25, 0.3) is 0 Å². The molecule has 21 heavy (non-hydrogen) atoms. The van der Waals surface area contributed by atoms with Gasteiger partial charge in [0.25, 0.3) is 5.69 Å². The zero-order valence-corrected chi connectivity index (χ0v) is 12.2. The standard InChI is InChI=1S/C15H21N3O3/c1-2-8-16-14-7-4-9-17(15(14)19)11-12-5-3-6-13(10-12)18(20)21/h3,5-6,10,14,16H,2,4,7-9,11H2,1H3. The number of nitrogens with one attached hydrogen (secondary N) is 1. The maximum atomic E-state index is 12.4. The molecule has 6 nitrogen and oxygen atoms in total. The third-order valence-corrected chi connectivity index (χ3v) is 3.67. The molecule has 1 aromatic carbocycles. The molecule has 0 aliphatic carbocycles. The lowest BCUT2D eigenvalue weighted by atomic mass is 10.0. The number of non-ortho nitro benzene ring substituents is 1. The average molecular weight is 291 g/mol. The monoisotopic (exact) mass is 291 g/mol. The quantitative estimate of drug-likeness (QED) is 0.643. The summed E-state index contributed by atoms with van der Waals surface area (Å²) in [4.78, 5) is 24.6. The average Bonchev–Trinajstić information content (AvgIpc) is 2.48. The fraction of sp³-hybridized carbons (Fsp3) is 0.533. The molecule has 1 aliphatic rings. The Morgan fingerprint density at radius 2 is 2.29 bits per heavy atom. The molecule has 1 unspecified atom stereocenters. The summed E-state index contributed by atoms with van der Waals surface area (Å²) in [6.45, 7) is 4.05. The van der Waals surface area contributed by atoms with Crippen molar-refractivity contribution >= 4 is 11.6 Å². The number of hydrogen-bond donors (Lipinski definition) is 1. The van der Waals surface area contributed by atoms with Crippen molar-refractivity contribution in [3.63, 3.8) is 0 Å². The van der Waals surface area contributed by atoms with Crippen molar-refractivity contribution in [1.29, 1.82) is 0 Å². The number of nitro groups is 1. The second-order valence-electron chi connectivity index (χ2n) is 5.34. The minimum Gasteiger partial charge on any atom is -0.337 e. The molecule has 0 radical (unpaired) electrons. The van der Waals surface area contributed by atoms with Gasteiger partial charge in [0, 0.05) is 25.2 Å². The van der Waals surface area contributed by atoms with Crippen LogP contribution in [0.1, 0.15) is 31.7 Å². The number of hydrogen-bond acceptors (Lipinski definition) is 4. The van der Waals surface area contributed by atoms with Crippen LogP contribution in [0.2, 0.25) is 0 Å². The number of rotatable bonds is 6. The first-order valence-corrected chi connectivity index (χ1v) is 7.37. The molecule has 0 bridgehead atoms. The van der Waals surface area contributed by atoms with E-state index in [9.17, 15) is 14.9 Å². The molecule has 0 aromatic heterocycles. The van der Waals surface area contributed by atoms with Crippen LogP contribution >= 0.6 is 0 Å². The molecule has 1 heterocycles. The highest BCUT2D eigenvalue weighted by Gasteiger charge is 2.28. The van der Waals surface area contributed by atoms with Gasteiger partial charge in [-0.3, -0.25) is 14.9 Å². The van der Waals surface area contributed by atoms with Crippen molar-refractivity contribution in [2.24, 2.45) is 0 Å². The Kier molecular flexibility index (Phi) is 5.27. The Hall–Kier alpha value is -1.95. The zero-order valence-electron chi connectivity index (χ0n) is 12.2. The number of amides is 1. The molecule has 2 rings (SSSR count). The largest absolute Gasteiger partial charge is 0.337 e. The molecule has 1 aromatic rings. The van der Waals surface area contributed by atoms with Gasteiger partial charge in [-0.25, -0.2) is 0 Å². The van der Waals surface area contributed by atoms with Crippen molar-refractivity contribution < 1.29 is 9.72 Å². The minimum absolute atomic E-state index is 0.0672. The first-order valence-electron chi connectivity index (χ1n) is 7.37. The topological polar surface area (TPSA) is 75.5 Å². The summed E-state index contributed by atoms with van der Waals surface area (Å²) in [6, 6.07) is 6.37. The van der Waals surface area contributed by atoms with E-state index in [2.05, 4.69) is 12.2 Å². The van der Waals surface area contributed by atoms with Gasteiger partial charge in [-0.2, -0.15) is 0 Å². The third kappa shape index (κ3) is 4.01. The van der Waals surface area contributed by atoms with Crippen molar-refractivity contribution in [3.05, 3.63) is 39.9 Å². The van der Waals surface area contributed by atoms with Gasteiger partial charge >= 0.3 is 0 Å². The molecule has 1 amide bonds. The van der Waals surface area contributed by atoms with Gasteiger partial charge in [0.15, 0.2) is 0 Å². The van der Waals surface area contributed by atoms with Gasteiger partial charge in [0.1, 0.15) is 0 Å². The first-order chi connectivity index (χ1) is 10.1. The summed E-state index contributed by atoms with van der Waals surface area (Å²) in [7, 11) is 0. The van der Waals surface area contributed by atoms with Gasteiger partial charge < -0.3 is 10.2 Å². The molecule has 1 aliphatic heterocycles. The SMILES string of the molecule is CCCNC1CCCN(Cc2cccc([N+](=O)[O-])c2)C1=O. The molecule has 0 spiro atoms. The van der Waals surface area contributed by atoms with Crippen LogP contribution in [0.3, 0.4) is 0 Å². The fourth-order valence-corrected chi connectivity index (χ4v) is 2.59. The van der Waals surface area contributed by atoms with E-state index < -0.39 is 4.92 Å². The number of carbonyl (C=O) groups excluding carboxylic acids is 1. The highest BCUT2D eigenvalue weighted by molar-refractivity contribution is 5.82. The summed E-state index contributed by atoms with van der Waals surface area (Å²) >= 11 is 0. The first kappa shape index (κ1) is 15.4. The van der Waals surface area contributed by atoms with Crippen molar-refractivity contribution in [1.82, 2.24) is 10.2 Å². The summed E-state index contributed by atoms with van der Waals surface area (Å²) < 4.78 is 0. The van der Waals surface area contributed by atoms with E-state index in [0.717, 1.165) is 31.4 Å². The lowest BCUT2D eigenvalue weighted by Crippen LogP contribution is -2.50. The van der Waals surface area contributed by atoms with Crippen LogP contribution in [0.5, 0.6) is 0 Å². The van der Waals surface area contributed by atoms with E-state index in [1.807, 2.05) is 6.07 Å². The van der Waals surface area contributed by atoms with Crippen LogP contribution < -0.4 is 5.32 Å². The number of piperidine rings is 1. The Morgan fingerprint density at radius 1 is 1.48 bits per heavy atom. The van der Waals surface area contributed by atoms with Crippen LogP contribution in [0.15, 0.2) is 24.3 Å². The van der Waals surface area contributed by atoms with Crippen molar-refractivity contribution in [2.75, 3.05) is 13.1 Å². The summed E-state index contributed by atoms with van der Waals surface area (Å²) in [6.07, 6.45) is 2.82. The van der Waals surface area contributed by atoms with Crippen LogP contribution in [-0.4, -0.2) is 34.9 Å².